The molecule has 0 bridgehead atoms. The van der Waals surface area contributed by atoms with Crippen molar-refractivity contribution >= 4 is 29.5 Å². The lowest BCUT2D eigenvalue weighted by Gasteiger charge is -2.11. The highest BCUT2D eigenvalue weighted by Gasteiger charge is 2.30. The van der Waals surface area contributed by atoms with E-state index in [1.165, 1.54) is 35.0 Å². The van der Waals surface area contributed by atoms with Gasteiger partial charge in [0.05, 0.1) is 5.56 Å². The average molecular weight is 468 g/mol. The average Bonchev–Trinajstić information content (AvgIpc) is 3.08. The molecule has 0 saturated heterocycles. The molecule has 0 aromatic heterocycles. The first kappa shape index (κ1) is 23.6. The number of halogens is 3. The number of carboxylic acid groups (broad SMARTS) is 1. The van der Waals surface area contributed by atoms with Gasteiger partial charge in [0.1, 0.15) is 0 Å². The lowest BCUT2D eigenvalue weighted by Crippen LogP contribution is -2.07. The topological polar surface area (TPSA) is 63.3 Å². The molecule has 0 aliphatic heterocycles. The number of carbonyl (C=O) groups is 1. The van der Waals surface area contributed by atoms with Gasteiger partial charge in [-0.3, -0.25) is 4.79 Å². The minimum absolute atomic E-state index is 0.161. The third-order valence-electron chi connectivity index (χ3n) is 5.16. The molecular weight excluding hydrogens is 443 g/mol. The molecule has 1 aliphatic rings. The summed E-state index contributed by atoms with van der Waals surface area (Å²) in [4.78, 5) is 13.1. The molecule has 8 heteroatoms. The van der Waals surface area contributed by atoms with Crippen LogP contribution in [-0.2, 0) is 29.6 Å². The van der Waals surface area contributed by atoms with Crippen LogP contribution >= 0.6 is 23.5 Å². The van der Waals surface area contributed by atoms with Gasteiger partial charge in [0.25, 0.3) is 0 Å². The highest BCUT2D eigenvalue weighted by molar-refractivity contribution is 8.05. The summed E-state index contributed by atoms with van der Waals surface area (Å²) in [6.07, 6.45) is -2.54. The van der Waals surface area contributed by atoms with Crippen molar-refractivity contribution in [2.24, 2.45) is 11.7 Å². The highest BCUT2D eigenvalue weighted by atomic mass is 32.2. The summed E-state index contributed by atoms with van der Waals surface area (Å²) in [5, 5.41) is 9.01. The number of carboxylic acids is 1. The van der Waals surface area contributed by atoms with Gasteiger partial charge < -0.3 is 10.8 Å². The van der Waals surface area contributed by atoms with Crippen molar-refractivity contribution in [3.63, 3.8) is 0 Å². The zero-order valence-corrected chi connectivity index (χ0v) is 18.7. The van der Waals surface area contributed by atoms with E-state index in [2.05, 4.69) is 18.2 Å². The summed E-state index contributed by atoms with van der Waals surface area (Å²) >= 11 is 3.19. The maximum atomic E-state index is 12.7. The Morgan fingerprint density at radius 2 is 1.81 bits per heavy atom. The van der Waals surface area contributed by atoms with Gasteiger partial charge in [-0.1, -0.05) is 18.2 Å². The van der Waals surface area contributed by atoms with Crippen LogP contribution in [0.25, 0.3) is 0 Å². The largest absolute Gasteiger partial charge is 0.481 e. The minimum Gasteiger partial charge on any atom is -0.481 e. The van der Waals surface area contributed by atoms with Crippen LogP contribution < -0.4 is 5.73 Å². The van der Waals surface area contributed by atoms with E-state index in [1.54, 1.807) is 11.8 Å². The van der Waals surface area contributed by atoms with E-state index in [0.717, 1.165) is 40.3 Å². The molecule has 0 radical (unpaired) electrons. The molecule has 3 nitrogen and oxygen atoms in total. The Morgan fingerprint density at radius 1 is 1.13 bits per heavy atom. The van der Waals surface area contributed by atoms with Crippen LogP contribution in [0.2, 0.25) is 0 Å². The molecule has 2 aromatic carbocycles. The molecule has 31 heavy (non-hydrogen) atoms. The Balaban J connectivity index is 1.56. The predicted molar refractivity (Wildman–Crippen MR) is 120 cm³/mol. The fourth-order valence-corrected chi connectivity index (χ4v) is 5.73. The number of hydrogen-bond acceptors (Lipinski definition) is 4. The molecule has 1 aliphatic carbocycles. The van der Waals surface area contributed by atoms with Crippen molar-refractivity contribution < 1.29 is 23.1 Å². The fraction of sp³-hybridized carbons (Fsp3) is 0.348. The fourth-order valence-electron chi connectivity index (χ4n) is 3.55. The monoisotopic (exact) mass is 467 g/mol. The Labute approximate surface area is 188 Å². The lowest BCUT2D eigenvalue weighted by molar-refractivity contribution is -0.138. The van der Waals surface area contributed by atoms with Gasteiger partial charge in [-0.15, -0.1) is 23.5 Å². The van der Waals surface area contributed by atoms with Crippen molar-refractivity contribution in [1.29, 1.82) is 0 Å². The zero-order chi connectivity index (χ0) is 22.6. The van der Waals surface area contributed by atoms with Gasteiger partial charge in [0.15, 0.2) is 0 Å². The summed E-state index contributed by atoms with van der Waals surface area (Å²) in [5.74, 6) is 0.619. The maximum Gasteiger partial charge on any atom is 0.416 e. The van der Waals surface area contributed by atoms with Crippen LogP contribution in [0.5, 0.6) is 0 Å². The number of alkyl halides is 3. The van der Waals surface area contributed by atoms with Crippen LogP contribution in [0, 0.1) is 5.92 Å². The quantitative estimate of drug-likeness (QED) is 0.459. The second kappa shape index (κ2) is 10.0. The van der Waals surface area contributed by atoms with E-state index in [-0.39, 0.29) is 12.3 Å². The molecule has 1 atom stereocenters. The summed E-state index contributed by atoms with van der Waals surface area (Å²) in [6, 6.07) is 11.5. The van der Waals surface area contributed by atoms with E-state index in [1.807, 2.05) is 6.92 Å². The van der Waals surface area contributed by atoms with Crippen LogP contribution in [0.15, 0.2) is 58.0 Å². The third-order valence-corrected chi connectivity index (χ3v) is 7.66. The van der Waals surface area contributed by atoms with Gasteiger partial charge in [-0.2, -0.15) is 13.2 Å². The molecule has 3 N–H and O–H groups in total. The van der Waals surface area contributed by atoms with Gasteiger partial charge in [-0.25, -0.2) is 0 Å². The summed E-state index contributed by atoms with van der Waals surface area (Å²) in [7, 11) is 0. The van der Waals surface area contributed by atoms with Crippen LogP contribution in [0.4, 0.5) is 13.2 Å². The molecule has 0 heterocycles. The molecule has 3 rings (SSSR count). The zero-order valence-electron chi connectivity index (χ0n) is 17.0. The first-order valence-electron chi connectivity index (χ1n) is 9.82. The molecule has 0 amide bonds. The number of hydrogen-bond donors (Lipinski definition) is 2. The normalized spacial score (nSPS) is 16.7. The molecule has 0 saturated carbocycles. The summed E-state index contributed by atoms with van der Waals surface area (Å²) in [5.41, 5.74) is 9.34. The molecule has 0 spiro atoms. The number of benzene rings is 2. The Kier molecular flexibility index (Phi) is 7.64. The SMILES string of the molecule is C/C(N)=C(\CSc1ccc2c(c1)CC(CC(=O)O)C2)SCc1ccc(C(F)(F)F)cc1. The van der Waals surface area contributed by atoms with E-state index in [9.17, 15) is 18.0 Å². The molecule has 166 valence electrons. The van der Waals surface area contributed by atoms with Gasteiger partial charge >= 0.3 is 12.1 Å². The van der Waals surface area contributed by atoms with Crippen molar-refractivity contribution in [3.8, 4) is 0 Å². The number of rotatable bonds is 8. The van der Waals surface area contributed by atoms with Crippen molar-refractivity contribution in [1.82, 2.24) is 0 Å². The number of thioether (sulfide) groups is 2. The smallest absolute Gasteiger partial charge is 0.416 e. The van der Waals surface area contributed by atoms with E-state index in [0.29, 0.717) is 17.2 Å². The van der Waals surface area contributed by atoms with E-state index < -0.39 is 17.7 Å². The van der Waals surface area contributed by atoms with Crippen LogP contribution in [0.1, 0.15) is 35.6 Å². The first-order chi connectivity index (χ1) is 14.6. The molecule has 2 aromatic rings. The highest BCUT2D eigenvalue weighted by Crippen LogP contribution is 2.35. The summed E-state index contributed by atoms with van der Waals surface area (Å²) < 4.78 is 38.1. The van der Waals surface area contributed by atoms with Crippen LogP contribution in [-0.4, -0.2) is 16.8 Å². The van der Waals surface area contributed by atoms with Gasteiger partial charge in [-0.05, 0) is 66.6 Å². The molecule has 0 fully saturated rings. The molecule has 1 unspecified atom stereocenters. The van der Waals surface area contributed by atoms with Crippen molar-refractivity contribution in [2.45, 2.75) is 43.0 Å². The standard InChI is InChI=1S/C23H24F3NO2S2/c1-14(27)21(31-12-15-2-5-19(6-3-15)23(24,25)26)13-30-20-7-4-17-8-16(10-22(28)29)9-18(17)11-20/h2-7,11,16H,8-10,12-13,27H2,1H3,(H,28,29)/b21-14-. The number of fused-ring (bicyclic) bond motifs is 1. The third kappa shape index (κ3) is 6.71. The number of nitrogens with two attached hydrogens (primary N) is 1. The van der Waals surface area contributed by atoms with Crippen LogP contribution in [0.3, 0.4) is 0 Å². The lowest BCUT2D eigenvalue weighted by atomic mass is 10.0. The van der Waals surface area contributed by atoms with Gasteiger partial charge in [0, 0.05) is 33.4 Å². The van der Waals surface area contributed by atoms with E-state index >= 15 is 0 Å². The minimum atomic E-state index is -4.33. The maximum absolute atomic E-state index is 12.7. The second-order valence-corrected chi connectivity index (χ2v) is 9.80. The second-order valence-electron chi connectivity index (χ2n) is 7.68. The Hall–Kier alpha value is -2.06. The predicted octanol–water partition coefficient (Wildman–Crippen LogP) is 6.11. The summed E-state index contributed by atoms with van der Waals surface area (Å²) in [6.45, 7) is 1.83. The van der Waals surface area contributed by atoms with E-state index in [4.69, 9.17) is 10.8 Å². The number of aliphatic carboxylic acids is 1. The first-order valence-corrected chi connectivity index (χ1v) is 11.8. The number of allylic oxidation sites excluding steroid dienone is 1. The van der Waals surface area contributed by atoms with Crippen molar-refractivity contribution in [3.05, 3.63) is 75.3 Å². The van der Waals surface area contributed by atoms with Crippen molar-refractivity contribution in [2.75, 3.05) is 5.75 Å². The molecular formula is C23H24F3NO2S2. The Morgan fingerprint density at radius 3 is 2.42 bits per heavy atom. The Bertz CT molecular complexity index is 968. The van der Waals surface area contributed by atoms with Gasteiger partial charge in [0.2, 0.25) is 0 Å².